The number of aromatic nitrogens is 1. The van der Waals surface area contributed by atoms with Crippen LogP contribution >= 0.6 is 0 Å². The van der Waals surface area contributed by atoms with Crippen LogP contribution < -0.4 is 4.18 Å². The molecule has 0 aliphatic heterocycles. The van der Waals surface area contributed by atoms with Gasteiger partial charge in [0.1, 0.15) is 0 Å². The van der Waals surface area contributed by atoms with E-state index in [1.165, 1.54) is 18.3 Å². The Bertz CT molecular complexity index is 376. The molecule has 1 heterocycles. The predicted molar refractivity (Wildman–Crippen MR) is 39.7 cm³/mol. The number of hydrogen-bond donors (Lipinski definition) is 0. The van der Waals surface area contributed by atoms with Gasteiger partial charge in [-0.1, -0.05) is 0 Å². The first-order valence-electron chi connectivity index (χ1n) is 2.99. The molecule has 0 radical (unpaired) electrons. The highest BCUT2D eigenvalue weighted by Crippen LogP contribution is 2.14. The summed E-state index contributed by atoms with van der Waals surface area (Å²) in [7, 11) is -3.68. The van der Waals surface area contributed by atoms with E-state index >= 15 is 0 Å². The Hall–Kier alpha value is -1.17. The molecule has 0 saturated carbocycles. The minimum atomic E-state index is -3.68. The Kier molecular flexibility index (Phi) is 2.27. The highest BCUT2D eigenvalue weighted by molar-refractivity contribution is 7.86. The molecule has 0 N–H and O–H groups in total. The van der Waals surface area contributed by atoms with E-state index in [-0.39, 0.29) is 5.75 Å². The fourth-order valence-corrected chi connectivity index (χ4v) is 1.05. The summed E-state index contributed by atoms with van der Waals surface area (Å²) >= 11 is 0. The minimum Gasteiger partial charge on any atom is -0.378 e. The molecule has 0 atom stereocenters. The fourth-order valence-electron chi connectivity index (χ4n) is 0.597. The van der Waals surface area contributed by atoms with Gasteiger partial charge >= 0.3 is 10.1 Å². The van der Waals surface area contributed by atoms with Gasteiger partial charge in [-0.15, -0.1) is 0 Å². The molecule has 66 valence electrons. The van der Waals surface area contributed by atoms with Gasteiger partial charge in [-0.3, -0.25) is 0 Å². The lowest BCUT2D eigenvalue weighted by Gasteiger charge is -2.01. The summed E-state index contributed by atoms with van der Waals surface area (Å²) in [5.74, 6) is -1.33. The first-order chi connectivity index (χ1) is 5.49. The van der Waals surface area contributed by atoms with Crippen LogP contribution in [0.1, 0.15) is 0 Å². The normalized spacial score (nSPS) is 11.2. The average molecular weight is 191 g/mol. The molecule has 1 rings (SSSR count). The molecule has 0 aromatic carbocycles. The molecule has 4 nitrogen and oxygen atoms in total. The van der Waals surface area contributed by atoms with E-state index in [0.717, 1.165) is 6.26 Å². The second-order valence-corrected chi connectivity index (χ2v) is 3.65. The number of nitrogens with zero attached hydrogens (tertiary/aromatic N) is 1. The Morgan fingerprint density at radius 3 is 2.75 bits per heavy atom. The summed E-state index contributed by atoms with van der Waals surface area (Å²) in [6, 6.07) is 2.56. The third-order valence-electron chi connectivity index (χ3n) is 0.966. The maximum absolute atomic E-state index is 12.6. The number of rotatable bonds is 2. The van der Waals surface area contributed by atoms with Crippen molar-refractivity contribution in [1.82, 2.24) is 4.98 Å². The van der Waals surface area contributed by atoms with Crippen molar-refractivity contribution in [2.24, 2.45) is 0 Å². The van der Waals surface area contributed by atoms with E-state index in [1.54, 1.807) is 0 Å². The number of pyridine rings is 1. The number of hydrogen-bond acceptors (Lipinski definition) is 4. The number of halogens is 1. The summed E-state index contributed by atoms with van der Waals surface area (Å²) in [6.07, 6.45) is 2.03. The second kappa shape index (κ2) is 3.06. The quantitative estimate of drug-likeness (QED) is 0.506. The van der Waals surface area contributed by atoms with Crippen molar-refractivity contribution < 1.29 is 17.0 Å². The van der Waals surface area contributed by atoms with Crippen molar-refractivity contribution in [2.45, 2.75) is 0 Å². The van der Waals surface area contributed by atoms with Crippen molar-refractivity contribution in [3.63, 3.8) is 0 Å². The lowest BCUT2D eigenvalue weighted by molar-refractivity contribution is 0.455. The van der Waals surface area contributed by atoms with Gasteiger partial charge in [0.15, 0.2) is 5.75 Å². The second-order valence-electron chi connectivity index (χ2n) is 2.08. The van der Waals surface area contributed by atoms with Gasteiger partial charge in [0.05, 0.1) is 6.26 Å². The van der Waals surface area contributed by atoms with Crippen LogP contribution in [0.3, 0.4) is 0 Å². The lowest BCUT2D eigenvalue weighted by atomic mass is 10.5. The van der Waals surface area contributed by atoms with Crippen LogP contribution in [-0.2, 0) is 10.1 Å². The predicted octanol–water partition coefficient (Wildman–Crippen LogP) is 0.559. The Labute approximate surface area is 69.1 Å². The van der Waals surface area contributed by atoms with Crippen molar-refractivity contribution in [1.29, 1.82) is 0 Å². The summed E-state index contributed by atoms with van der Waals surface area (Å²) in [6.45, 7) is 0. The molecule has 0 fully saturated rings. The molecular weight excluding hydrogens is 185 g/mol. The maximum Gasteiger partial charge on any atom is 0.306 e. The van der Waals surface area contributed by atoms with Crippen molar-refractivity contribution in [3.8, 4) is 5.75 Å². The van der Waals surface area contributed by atoms with Crippen LogP contribution in [0.2, 0.25) is 0 Å². The molecule has 0 amide bonds. The van der Waals surface area contributed by atoms with E-state index in [2.05, 4.69) is 9.17 Å². The molecule has 6 heteroatoms. The van der Waals surface area contributed by atoms with Crippen LogP contribution in [0.15, 0.2) is 18.3 Å². The van der Waals surface area contributed by atoms with Crippen LogP contribution in [0.5, 0.6) is 5.75 Å². The zero-order valence-corrected chi connectivity index (χ0v) is 7.01. The zero-order valence-electron chi connectivity index (χ0n) is 6.19. The highest BCUT2D eigenvalue weighted by Gasteiger charge is 2.09. The van der Waals surface area contributed by atoms with E-state index in [1.807, 2.05) is 0 Å². The minimum absolute atomic E-state index is 0.389. The Morgan fingerprint density at radius 1 is 1.58 bits per heavy atom. The van der Waals surface area contributed by atoms with Gasteiger partial charge in [-0.05, 0) is 12.1 Å². The summed E-state index contributed by atoms with van der Waals surface area (Å²) in [4.78, 5) is 3.21. The van der Waals surface area contributed by atoms with Crippen molar-refractivity contribution in [3.05, 3.63) is 24.3 Å². The van der Waals surface area contributed by atoms with Crippen molar-refractivity contribution in [2.75, 3.05) is 6.26 Å². The third-order valence-corrected chi connectivity index (χ3v) is 1.45. The van der Waals surface area contributed by atoms with Gasteiger partial charge in [0.2, 0.25) is 0 Å². The smallest absolute Gasteiger partial charge is 0.306 e. The Balaban J connectivity index is 2.98. The molecule has 0 unspecified atom stereocenters. The van der Waals surface area contributed by atoms with Gasteiger partial charge in [-0.2, -0.15) is 12.8 Å². The molecule has 0 saturated heterocycles. The average Bonchev–Trinajstić information content (AvgIpc) is 1.91. The van der Waals surface area contributed by atoms with Gasteiger partial charge in [0.25, 0.3) is 5.95 Å². The molecule has 0 aliphatic carbocycles. The van der Waals surface area contributed by atoms with E-state index in [0.29, 0.717) is 0 Å². The summed E-state index contributed by atoms with van der Waals surface area (Å²) in [5, 5.41) is 0. The molecule has 1 aromatic rings. The summed E-state index contributed by atoms with van der Waals surface area (Å²) in [5.41, 5.74) is 0. The van der Waals surface area contributed by atoms with E-state index < -0.39 is 16.1 Å². The Morgan fingerprint density at radius 2 is 2.25 bits per heavy atom. The molecule has 1 aromatic heterocycles. The lowest BCUT2D eigenvalue weighted by Crippen LogP contribution is -2.07. The highest BCUT2D eigenvalue weighted by atomic mass is 32.2. The van der Waals surface area contributed by atoms with Crippen LogP contribution in [0, 0.1) is 5.95 Å². The van der Waals surface area contributed by atoms with Gasteiger partial charge in [0, 0.05) is 6.20 Å². The van der Waals surface area contributed by atoms with E-state index in [4.69, 9.17) is 0 Å². The SMILES string of the molecule is CS(=O)(=O)Oc1cccnc1F. The standard InChI is InChI=1S/C6H6FNO3S/c1-12(9,10)11-5-3-2-4-8-6(5)7/h2-4H,1H3. The molecular formula is C6H6FNO3S. The van der Waals surface area contributed by atoms with Crippen LogP contribution in [0.4, 0.5) is 4.39 Å². The zero-order chi connectivity index (χ0) is 9.19. The largest absolute Gasteiger partial charge is 0.378 e. The molecule has 0 bridgehead atoms. The first kappa shape index (κ1) is 8.92. The van der Waals surface area contributed by atoms with Gasteiger partial charge in [-0.25, -0.2) is 4.98 Å². The summed E-state index contributed by atoms with van der Waals surface area (Å²) < 4.78 is 38.0. The molecule has 0 aliphatic rings. The van der Waals surface area contributed by atoms with Crippen LogP contribution in [-0.4, -0.2) is 19.7 Å². The fraction of sp³-hybridized carbons (Fsp3) is 0.167. The third kappa shape index (κ3) is 2.46. The van der Waals surface area contributed by atoms with E-state index in [9.17, 15) is 12.8 Å². The van der Waals surface area contributed by atoms with Crippen LogP contribution in [0.25, 0.3) is 0 Å². The monoisotopic (exact) mass is 191 g/mol. The van der Waals surface area contributed by atoms with Crippen molar-refractivity contribution >= 4 is 10.1 Å². The molecule has 12 heavy (non-hydrogen) atoms. The maximum atomic E-state index is 12.6. The first-order valence-corrected chi connectivity index (χ1v) is 4.80. The topological polar surface area (TPSA) is 56.3 Å². The van der Waals surface area contributed by atoms with Gasteiger partial charge < -0.3 is 4.18 Å². The molecule has 0 spiro atoms.